The fraction of sp³-hybridized carbons (Fsp3) is 0.385. The third-order valence-electron chi connectivity index (χ3n) is 2.55. The summed E-state index contributed by atoms with van der Waals surface area (Å²) in [4.78, 5) is 0. The van der Waals surface area contributed by atoms with Gasteiger partial charge in [-0.3, -0.25) is 0 Å². The Balaban J connectivity index is 2.37. The van der Waals surface area contributed by atoms with Gasteiger partial charge in [-0.2, -0.15) is 0 Å². The molecule has 0 aliphatic rings. The largest absolute Gasteiger partial charge is 0.393 e. The molecule has 0 spiro atoms. The monoisotopic (exact) mass is 224 g/mol. The first-order chi connectivity index (χ1) is 7.24. The Hall–Kier alpha value is -0.790. The van der Waals surface area contributed by atoms with Gasteiger partial charge >= 0.3 is 0 Å². The van der Waals surface area contributed by atoms with Crippen LogP contribution < -0.4 is 0 Å². The number of aryl methyl sites for hydroxylation is 1. The molecule has 0 aliphatic heterocycles. The second-order valence-electron chi connectivity index (χ2n) is 3.77. The summed E-state index contributed by atoms with van der Waals surface area (Å²) in [6, 6.07) is 10.2. The molecule has 15 heavy (non-hydrogen) atoms. The molecule has 1 N–H and O–H groups in total. The van der Waals surface area contributed by atoms with E-state index in [0.29, 0.717) is 0 Å². The van der Waals surface area contributed by atoms with Crippen molar-refractivity contribution in [1.82, 2.24) is 0 Å². The minimum absolute atomic E-state index is 0.117. The van der Waals surface area contributed by atoms with Gasteiger partial charge in [-0.05, 0) is 18.4 Å². The summed E-state index contributed by atoms with van der Waals surface area (Å²) < 4.78 is 0. The molecule has 0 radical (unpaired) electrons. The second kappa shape index (κ2) is 6.65. The van der Waals surface area contributed by atoms with Gasteiger partial charge in [-0.15, -0.1) is 0 Å². The molecule has 0 saturated heterocycles. The highest BCUT2D eigenvalue weighted by molar-refractivity contribution is 6.25. The predicted octanol–water partition coefficient (Wildman–Crippen LogP) is 3.37. The van der Waals surface area contributed by atoms with E-state index < -0.39 is 0 Å². The Kier molecular flexibility index (Phi) is 5.44. The van der Waals surface area contributed by atoms with Crippen LogP contribution in [0.2, 0.25) is 0 Å². The van der Waals surface area contributed by atoms with Gasteiger partial charge in [0.05, 0.1) is 6.10 Å². The van der Waals surface area contributed by atoms with Crippen molar-refractivity contribution >= 4 is 11.6 Å². The molecule has 0 heterocycles. The van der Waals surface area contributed by atoms with Crippen LogP contribution in [0.4, 0.5) is 0 Å². The molecule has 0 aliphatic carbocycles. The van der Waals surface area contributed by atoms with Crippen LogP contribution in [0.1, 0.15) is 18.9 Å². The zero-order valence-electron chi connectivity index (χ0n) is 8.94. The van der Waals surface area contributed by atoms with Crippen molar-refractivity contribution in [2.75, 3.05) is 0 Å². The number of benzene rings is 1. The maximum absolute atomic E-state index is 9.80. The standard InChI is InChI=1S/C13H17ClO/c1-11(9-10-14)13(15)8-7-12-5-3-2-4-6-12/h2-6,9-11,13,15H,7-8H2,1H3/b10-9-/t11-,13+/m0/s1. The van der Waals surface area contributed by atoms with Crippen LogP contribution in [0.25, 0.3) is 0 Å². The zero-order valence-corrected chi connectivity index (χ0v) is 9.69. The molecule has 2 atom stereocenters. The van der Waals surface area contributed by atoms with E-state index in [4.69, 9.17) is 11.6 Å². The lowest BCUT2D eigenvalue weighted by atomic mass is 9.98. The molecule has 0 unspecified atom stereocenters. The molecule has 0 aromatic heterocycles. The van der Waals surface area contributed by atoms with Gasteiger partial charge in [0, 0.05) is 11.5 Å². The van der Waals surface area contributed by atoms with Crippen molar-refractivity contribution in [3.8, 4) is 0 Å². The Bertz CT molecular complexity index is 295. The number of halogens is 1. The molecule has 1 rings (SSSR count). The van der Waals surface area contributed by atoms with E-state index in [2.05, 4.69) is 12.1 Å². The molecule has 82 valence electrons. The average Bonchev–Trinajstić information content (AvgIpc) is 2.27. The third-order valence-corrected chi connectivity index (χ3v) is 2.70. The van der Waals surface area contributed by atoms with Crippen molar-refractivity contribution in [3.63, 3.8) is 0 Å². The van der Waals surface area contributed by atoms with Gasteiger partial charge in [-0.25, -0.2) is 0 Å². The van der Waals surface area contributed by atoms with Crippen LogP contribution in [-0.2, 0) is 6.42 Å². The highest BCUT2D eigenvalue weighted by atomic mass is 35.5. The summed E-state index contributed by atoms with van der Waals surface area (Å²) in [5, 5.41) is 9.80. The van der Waals surface area contributed by atoms with Gasteiger partial charge in [0.2, 0.25) is 0 Å². The molecule has 1 aromatic rings. The summed E-state index contributed by atoms with van der Waals surface area (Å²) in [5.74, 6) is 0.117. The first kappa shape index (κ1) is 12.3. The van der Waals surface area contributed by atoms with Gasteiger partial charge in [0.15, 0.2) is 0 Å². The fourth-order valence-corrected chi connectivity index (χ4v) is 1.69. The summed E-state index contributed by atoms with van der Waals surface area (Å²) in [6.45, 7) is 1.97. The minimum atomic E-state index is -0.319. The third kappa shape index (κ3) is 4.50. The van der Waals surface area contributed by atoms with E-state index >= 15 is 0 Å². The smallest absolute Gasteiger partial charge is 0.0603 e. The highest BCUT2D eigenvalue weighted by Gasteiger charge is 2.10. The molecule has 0 fully saturated rings. The lowest BCUT2D eigenvalue weighted by Gasteiger charge is -2.14. The Morgan fingerprint density at radius 2 is 2.00 bits per heavy atom. The summed E-state index contributed by atoms with van der Waals surface area (Å²) in [5.41, 5.74) is 2.73. The lowest BCUT2D eigenvalue weighted by Crippen LogP contribution is -2.16. The lowest BCUT2D eigenvalue weighted by molar-refractivity contribution is 0.128. The molecular formula is C13H17ClO. The molecule has 1 aromatic carbocycles. The highest BCUT2D eigenvalue weighted by Crippen LogP contribution is 2.12. The number of aliphatic hydroxyl groups is 1. The zero-order chi connectivity index (χ0) is 11.1. The SMILES string of the molecule is C[C@@H](/C=C\Cl)[C@H](O)CCc1ccccc1. The maximum Gasteiger partial charge on any atom is 0.0603 e. The topological polar surface area (TPSA) is 20.2 Å². The summed E-state index contributed by atoms with van der Waals surface area (Å²) in [6.07, 6.45) is 3.17. The Labute approximate surface area is 96.4 Å². The van der Waals surface area contributed by atoms with Crippen LogP contribution in [0, 0.1) is 5.92 Å². The van der Waals surface area contributed by atoms with E-state index in [9.17, 15) is 5.11 Å². The van der Waals surface area contributed by atoms with Crippen LogP contribution >= 0.6 is 11.6 Å². The van der Waals surface area contributed by atoms with E-state index in [-0.39, 0.29) is 12.0 Å². The molecule has 1 nitrogen and oxygen atoms in total. The normalized spacial score (nSPS) is 15.4. The van der Waals surface area contributed by atoms with Crippen molar-refractivity contribution in [2.24, 2.45) is 5.92 Å². The molecule has 0 bridgehead atoms. The van der Waals surface area contributed by atoms with Gasteiger partial charge in [0.25, 0.3) is 0 Å². The van der Waals surface area contributed by atoms with Crippen LogP contribution in [0.15, 0.2) is 41.9 Å². The predicted molar refractivity (Wildman–Crippen MR) is 64.9 cm³/mol. The van der Waals surface area contributed by atoms with E-state index in [1.165, 1.54) is 11.1 Å². The summed E-state index contributed by atoms with van der Waals surface area (Å²) in [7, 11) is 0. The molecule has 0 amide bonds. The van der Waals surface area contributed by atoms with Gasteiger partial charge in [0.1, 0.15) is 0 Å². The number of hydrogen-bond donors (Lipinski definition) is 1. The second-order valence-corrected chi connectivity index (χ2v) is 4.02. The number of rotatable bonds is 5. The van der Waals surface area contributed by atoms with E-state index in [1.807, 2.05) is 31.2 Å². The van der Waals surface area contributed by atoms with Gasteiger partial charge in [-0.1, -0.05) is 54.9 Å². The molecule has 0 saturated carbocycles. The van der Waals surface area contributed by atoms with Crippen LogP contribution in [-0.4, -0.2) is 11.2 Å². The summed E-state index contributed by atoms with van der Waals surface area (Å²) >= 11 is 5.47. The maximum atomic E-state index is 9.80. The average molecular weight is 225 g/mol. The number of hydrogen-bond acceptors (Lipinski definition) is 1. The Morgan fingerprint density at radius 3 is 2.60 bits per heavy atom. The van der Waals surface area contributed by atoms with E-state index in [0.717, 1.165) is 12.8 Å². The van der Waals surface area contributed by atoms with Crippen molar-refractivity contribution in [1.29, 1.82) is 0 Å². The first-order valence-corrected chi connectivity index (χ1v) is 5.66. The van der Waals surface area contributed by atoms with Crippen molar-refractivity contribution in [2.45, 2.75) is 25.9 Å². The fourth-order valence-electron chi connectivity index (χ4n) is 1.47. The number of aliphatic hydroxyl groups excluding tert-OH is 1. The quantitative estimate of drug-likeness (QED) is 0.813. The first-order valence-electron chi connectivity index (χ1n) is 5.23. The molecule has 2 heteroatoms. The van der Waals surface area contributed by atoms with Crippen LogP contribution in [0.5, 0.6) is 0 Å². The molecular weight excluding hydrogens is 208 g/mol. The van der Waals surface area contributed by atoms with E-state index in [1.54, 1.807) is 0 Å². The van der Waals surface area contributed by atoms with Crippen molar-refractivity contribution < 1.29 is 5.11 Å². The van der Waals surface area contributed by atoms with Crippen molar-refractivity contribution in [3.05, 3.63) is 47.5 Å². The minimum Gasteiger partial charge on any atom is -0.393 e. The van der Waals surface area contributed by atoms with Crippen LogP contribution in [0.3, 0.4) is 0 Å². The Morgan fingerprint density at radius 1 is 1.33 bits per heavy atom. The van der Waals surface area contributed by atoms with Gasteiger partial charge < -0.3 is 5.11 Å².